The fourth-order valence-corrected chi connectivity index (χ4v) is 2.39. The molecule has 0 radical (unpaired) electrons. The van der Waals surface area contributed by atoms with Gasteiger partial charge in [-0.05, 0) is 48.9 Å². The molecular formula is C18H21N3OS. The van der Waals surface area contributed by atoms with E-state index in [-0.39, 0.29) is 5.91 Å². The molecule has 4 nitrogen and oxygen atoms in total. The van der Waals surface area contributed by atoms with Gasteiger partial charge in [0.2, 0.25) is 5.91 Å². The summed E-state index contributed by atoms with van der Waals surface area (Å²) in [5, 5.41) is 3.95. The zero-order chi connectivity index (χ0) is 16.7. The number of hydrogen-bond acceptors (Lipinski definition) is 3. The molecule has 1 amide bonds. The SMILES string of the molecule is CC(=O)Nc1ccc(S)cc1.NCCc1c[nH]c2ccccc12. The lowest BCUT2D eigenvalue weighted by Gasteiger charge is -2.00. The van der Waals surface area contributed by atoms with Crippen molar-refractivity contribution in [2.75, 3.05) is 11.9 Å². The first-order valence-electron chi connectivity index (χ1n) is 7.42. The van der Waals surface area contributed by atoms with E-state index >= 15 is 0 Å². The van der Waals surface area contributed by atoms with E-state index in [2.05, 4.69) is 41.1 Å². The highest BCUT2D eigenvalue weighted by Crippen LogP contribution is 2.17. The van der Waals surface area contributed by atoms with Crippen molar-refractivity contribution in [3.05, 3.63) is 60.3 Å². The van der Waals surface area contributed by atoms with Crippen LogP contribution in [0.5, 0.6) is 0 Å². The molecular weight excluding hydrogens is 306 g/mol. The summed E-state index contributed by atoms with van der Waals surface area (Å²) in [4.78, 5) is 14.7. The highest BCUT2D eigenvalue weighted by molar-refractivity contribution is 7.80. The zero-order valence-corrected chi connectivity index (χ0v) is 13.9. The Balaban J connectivity index is 0.000000168. The van der Waals surface area contributed by atoms with Crippen LogP contribution < -0.4 is 11.1 Å². The second-order valence-corrected chi connectivity index (χ2v) is 5.64. The number of carbonyl (C=O) groups excluding carboxylic acids is 1. The summed E-state index contributed by atoms with van der Waals surface area (Å²) < 4.78 is 0. The molecule has 1 aromatic heterocycles. The van der Waals surface area contributed by atoms with Crippen LogP contribution in [0.3, 0.4) is 0 Å². The number of rotatable bonds is 3. The molecule has 4 N–H and O–H groups in total. The number of aromatic amines is 1. The monoisotopic (exact) mass is 327 g/mol. The molecule has 0 aliphatic heterocycles. The molecule has 5 heteroatoms. The van der Waals surface area contributed by atoms with Gasteiger partial charge in [0.15, 0.2) is 0 Å². The number of para-hydroxylation sites is 1. The van der Waals surface area contributed by atoms with Crippen molar-refractivity contribution in [2.45, 2.75) is 18.2 Å². The molecule has 0 unspecified atom stereocenters. The Morgan fingerprint density at radius 2 is 1.87 bits per heavy atom. The van der Waals surface area contributed by atoms with E-state index in [1.54, 1.807) is 0 Å². The van der Waals surface area contributed by atoms with Crippen LogP contribution in [0.2, 0.25) is 0 Å². The Morgan fingerprint density at radius 3 is 2.52 bits per heavy atom. The second kappa shape index (κ2) is 8.41. The lowest BCUT2D eigenvalue weighted by Crippen LogP contribution is -2.04. The van der Waals surface area contributed by atoms with E-state index in [1.807, 2.05) is 36.5 Å². The molecule has 120 valence electrons. The van der Waals surface area contributed by atoms with Crippen LogP contribution in [0, 0.1) is 0 Å². The van der Waals surface area contributed by atoms with Gasteiger partial charge in [-0.3, -0.25) is 4.79 Å². The Kier molecular flexibility index (Phi) is 6.26. The van der Waals surface area contributed by atoms with Crippen molar-refractivity contribution >= 4 is 35.1 Å². The molecule has 2 aromatic carbocycles. The molecule has 0 atom stereocenters. The second-order valence-electron chi connectivity index (χ2n) is 5.13. The minimum atomic E-state index is -0.0584. The molecule has 1 heterocycles. The number of nitrogens with one attached hydrogen (secondary N) is 2. The predicted molar refractivity (Wildman–Crippen MR) is 99.1 cm³/mol. The number of H-pyrrole nitrogens is 1. The minimum absolute atomic E-state index is 0.0584. The van der Waals surface area contributed by atoms with Gasteiger partial charge in [-0.15, -0.1) is 12.6 Å². The summed E-state index contributed by atoms with van der Waals surface area (Å²) >= 11 is 4.11. The van der Waals surface area contributed by atoms with Gasteiger partial charge in [0, 0.05) is 34.6 Å². The fraction of sp³-hybridized carbons (Fsp3) is 0.167. The van der Waals surface area contributed by atoms with Gasteiger partial charge in [-0.1, -0.05) is 18.2 Å². The normalized spacial score (nSPS) is 10.0. The quantitative estimate of drug-likeness (QED) is 0.555. The van der Waals surface area contributed by atoms with E-state index < -0.39 is 0 Å². The Labute approximate surface area is 141 Å². The molecule has 0 saturated carbocycles. The molecule has 0 aliphatic rings. The lowest BCUT2D eigenvalue weighted by atomic mass is 10.1. The average molecular weight is 327 g/mol. The van der Waals surface area contributed by atoms with E-state index in [0.29, 0.717) is 6.54 Å². The number of anilines is 1. The maximum absolute atomic E-state index is 10.6. The number of aromatic nitrogens is 1. The molecule has 0 aliphatic carbocycles. The van der Waals surface area contributed by atoms with Crippen LogP contribution >= 0.6 is 12.6 Å². The van der Waals surface area contributed by atoms with Crippen molar-refractivity contribution in [2.24, 2.45) is 5.73 Å². The summed E-state index contributed by atoms with van der Waals surface area (Å²) in [7, 11) is 0. The third kappa shape index (κ3) is 5.16. The molecule has 3 aromatic rings. The summed E-state index contributed by atoms with van der Waals surface area (Å²) in [5.74, 6) is -0.0584. The molecule has 23 heavy (non-hydrogen) atoms. The first kappa shape index (κ1) is 17.1. The number of hydrogen-bond donors (Lipinski definition) is 4. The van der Waals surface area contributed by atoms with Crippen LogP contribution in [0.25, 0.3) is 10.9 Å². The van der Waals surface area contributed by atoms with Crippen LogP contribution in [0.1, 0.15) is 12.5 Å². The van der Waals surface area contributed by atoms with Gasteiger partial charge >= 0.3 is 0 Å². The first-order chi connectivity index (χ1) is 11.1. The smallest absolute Gasteiger partial charge is 0.221 e. The number of amides is 1. The van der Waals surface area contributed by atoms with Gasteiger partial charge < -0.3 is 16.0 Å². The molecule has 0 fully saturated rings. The van der Waals surface area contributed by atoms with Crippen molar-refractivity contribution in [1.29, 1.82) is 0 Å². The van der Waals surface area contributed by atoms with Gasteiger partial charge in [-0.2, -0.15) is 0 Å². The highest BCUT2D eigenvalue weighted by atomic mass is 32.1. The summed E-state index contributed by atoms with van der Waals surface area (Å²) in [5.41, 5.74) is 8.81. The van der Waals surface area contributed by atoms with E-state index in [9.17, 15) is 4.79 Å². The predicted octanol–water partition coefficient (Wildman–Crippen LogP) is 3.60. The van der Waals surface area contributed by atoms with Gasteiger partial charge in [-0.25, -0.2) is 0 Å². The molecule has 0 spiro atoms. The van der Waals surface area contributed by atoms with Gasteiger partial charge in [0.1, 0.15) is 0 Å². The highest BCUT2D eigenvalue weighted by Gasteiger charge is 1.99. The van der Waals surface area contributed by atoms with Crippen LogP contribution in [0.15, 0.2) is 59.6 Å². The maximum Gasteiger partial charge on any atom is 0.221 e. The number of fused-ring (bicyclic) bond motifs is 1. The standard InChI is InChI=1S/C10H12N2.C8H9NOS/c11-6-5-8-7-12-10-4-2-1-3-9(8)10;1-6(10)9-7-2-4-8(11)5-3-7/h1-4,7,12H,5-6,11H2;2-5,11H,1H3,(H,9,10). The van der Waals surface area contributed by atoms with Crippen molar-refractivity contribution < 1.29 is 4.79 Å². The number of thiol groups is 1. The largest absolute Gasteiger partial charge is 0.361 e. The number of benzene rings is 2. The zero-order valence-electron chi connectivity index (χ0n) is 13.0. The Bertz CT molecular complexity index is 765. The number of carbonyl (C=O) groups is 1. The Morgan fingerprint density at radius 1 is 1.17 bits per heavy atom. The van der Waals surface area contributed by atoms with E-state index in [1.165, 1.54) is 23.4 Å². The molecule has 0 saturated heterocycles. The summed E-state index contributed by atoms with van der Waals surface area (Å²) in [6, 6.07) is 15.6. The van der Waals surface area contributed by atoms with E-state index in [4.69, 9.17) is 5.73 Å². The third-order valence-corrected chi connectivity index (χ3v) is 3.57. The first-order valence-corrected chi connectivity index (χ1v) is 7.86. The topological polar surface area (TPSA) is 70.9 Å². The Hall–Kier alpha value is -2.24. The maximum atomic E-state index is 10.6. The van der Waals surface area contributed by atoms with Gasteiger partial charge in [0.05, 0.1) is 0 Å². The molecule has 0 bridgehead atoms. The third-order valence-electron chi connectivity index (χ3n) is 3.28. The number of nitrogens with two attached hydrogens (primary N) is 1. The van der Waals surface area contributed by atoms with Crippen molar-refractivity contribution in [3.63, 3.8) is 0 Å². The van der Waals surface area contributed by atoms with Crippen LogP contribution in [-0.4, -0.2) is 17.4 Å². The van der Waals surface area contributed by atoms with Crippen molar-refractivity contribution in [3.8, 4) is 0 Å². The molecule has 3 rings (SSSR count). The van der Waals surface area contributed by atoms with Crippen LogP contribution in [0.4, 0.5) is 5.69 Å². The fourth-order valence-electron chi connectivity index (χ4n) is 2.24. The average Bonchev–Trinajstić information content (AvgIpc) is 2.94. The summed E-state index contributed by atoms with van der Waals surface area (Å²) in [6.45, 7) is 2.19. The minimum Gasteiger partial charge on any atom is -0.361 e. The lowest BCUT2D eigenvalue weighted by molar-refractivity contribution is -0.114. The van der Waals surface area contributed by atoms with Crippen molar-refractivity contribution in [1.82, 2.24) is 4.98 Å². The van der Waals surface area contributed by atoms with Gasteiger partial charge in [0.25, 0.3) is 0 Å². The van der Waals surface area contributed by atoms with Crippen LogP contribution in [-0.2, 0) is 11.2 Å². The van der Waals surface area contributed by atoms with E-state index in [0.717, 1.165) is 17.0 Å². The summed E-state index contributed by atoms with van der Waals surface area (Å²) in [6.07, 6.45) is 2.99.